The molecule has 2 saturated carbocycles. The van der Waals surface area contributed by atoms with Crippen molar-refractivity contribution in [3.05, 3.63) is 41.0 Å². The van der Waals surface area contributed by atoms with E-state index in [1.807, 2.05) is 19.1 Å². The molecule has 6 heteroatoms. The quantitative estimate of drug-likeness (QED) is 0.661. The van der Waals surface area contributed by atoms with Gasteiger partial charge in [0.15, 0.2) is 0 Å². The van der Waals surface area contributed by atoms with Gasteiger partial charge in [0, 0.05) is 36.7 Å². The van der Waals surface area contributed by atoms with Crippen LogP contribution in [0.3, 0.4) is 0 Å². The maximum atomic E-state index is 13.3. The Morgan fingerprint density at radius 1 is 1.16 bits per heavy atom. The van der Waals surface area contributed by atoms with Gasteiger partial charge in [-0.2, -0.15) is 0 Å². The summed E-state index contributed by atoms with van der Waals surface area (Å²) in [5.74, 6) is 4.38. The molecule has 0 spiro atoms. The average molecular weight is 436 g/mol. The van der Waals surface area contributed by atoms with Crippen molar-refractivity contribution in [2.24, 2.45) is 17.8 Å². The van der Waals surface area contributed by atoms with Gasteiger partial charge >= 0.3 is 0 Å². The molecule has 6 nitrogen and oxygen atoms in total. The summed E-state index contributed by atoms with van der Waals surface area (Å²) in [5, 5.41) is 16.1. The van der Waals surface area contributed by atoms with Crippen LogP contribution in [0.2, 0.25) is 0 Å². The van der Waals surface area contributed by atoms with Crippen molar-refractivity contribution in [1.29, 1.82) is 0 Å². The number of aryl methyl sites for hydroxylation is 2. The number of carbonyl (C=O) groups excluding carboxylic acids is 1. The summed E-state index contributed by atoms with van der Waals surface area (Å²) in [7, 11) is 0. The molecular weight excluding hydrogens is 398 g/mol. The first-order chi connectivity index (χ1) is 15.4. The molecule has 3 fully saturated rings. The van der Waals surface area contributed by atoms with Crippen LogP contribution in [0.5, 0.6) is 0 Å². The largest absolute Gasteiger partial charge is 0.326 e. The van der Waals surface area contributed by atoms with Gasteiger partial charge in [0.05, 0.1) is 5.92 Å². The fraction of sp³-hybridized carbons (Fsp3) is 0.654. The molecule has 0 bridgehead atoms. The number of benzene rings is 1. The maximum absolute atomic E-state index is 13.3. The van der Waals surface area contributed by atoms with Gasteiger partial charge in [-0.15, -0.1) is 10.2 Å². The first kappa shape index (κ1) is 21.6. The van der Waals surface area contributed by atoms with E-state index in [9.17, 15) is 4.79 Å². The molecule has 1 amide bonds. The van der Waals surface area contributed by atoms with Crippen molar-refractivity contribution in [2.45, 2.75) is 77.7 Å². The molecule has 172 valence electrons. The smallest absolute Gasteiger partial charge is 0.229 e. The second kappa shape index (κ2) is 8.62. The molecule has 1 saturated heterocycles. The summed E-state index contributed by atoms with van der Waals surface area (Å²) in [6.45, 7) is 10.2. The number of carbonyl (C=O) groups is 1. The molecule has 5 rings (SSSR count). The van der Waals surface area contributed by atoms with Crippen molar-refractivity contribution in [3.8, 4) is 0 Å². The van der Waals surface area contributed by atoms with Crippen molar-refractivity contribution in [1.82, 2.24) is 20.1 Å². The number of rotatable bonds is 7. The highest BCUT2D eigenvalue weighted by Crippen LogP contribution is 2.48. The molecule has 2 aromatic rings. The van der Waals surface area contributed by atoms with Crippen LogP contribution in [0.25, 0.3) is 0 Å². The predicted molar refractivity (Wildman–Crippen MR) is 127 cm³/mol. The van der Waals surface area contributed by atoms with E-state index in [0.29, 0.717) is 18.5 Å². The minimum Gasteiger partial charge on any atom is -0.326 e. The number of hydrogen-bond acceptors (Lipinski definition) is 4. The Hall–Kier alpha value is -2.21. The number of hydrogen-bond donors (Lipinski definition) is 2. The zero-order valence-corrected chi connectivity index (χ0v) is 19.9. The molecule has 2 N–H and O–H groups in total. The minimum absolute atomic E-state index is 0.0779. The van der Waals surface area contributed by atoms with E-state index in [0.717, 1.165) is 35.5 Å². The molecule has 32 heavy (non-hydrogen) atoms. The van der Waals surface area contributed by atoms with Gasteiger partial charge in [-0.05, 0) is 69.4 Å². The van der Waals surface area contributed by atoms with Gasteiger partial charge in [-0.1, -0.05) is 31.5 Å². The van der Waals surface area contributed by atoms with E-state index in [1.165, 1.54) is 43.5 Å². The maximum Gasteiger partial charge on any atom is 0.229 e. The minimum atomic E-state index is -0.125. The molecule has 1 aromatic heterocycles. The summed E-state index contributed by atoms with van der Waals surface area (Å²) in [5.41, 5.74) is 3.21. The molecule has 2 aliphatic carbocycles. The van der Waals surface area contributed by atoms with Crippen molar-refractivity contribution in [2.75, 3.05) is 18.4 Å². The normalized spacial score (nSPS) is 27.5. The van der Waals surface area contributed by atoms with Crippen LogP contribution in [0.15, 0.2) is 18.2 Å². The first-order valence-corrected chi connectivity index (χ1v) is 12.4. The summed E-state index contributed by atoms with van der Waals surface area (Å²) >= 11 is 0. The SMILES string of the molecule is Cc1ccc(NC(=O)[C@@H]2CNC[C@H]2c2nnc(C3CC(CC(C)C)C3)n2C2CC2)c(C)c1. The fourth-order valence-electron chi connectivity index (χ4n) is 5.76. The fourth-order valence-corrected chi connectivity index (χ4v) is 5.76. The number of nitrogens with one attached hydrogen (secondary N) is 2. The third-order valence-corrected chi connectivity index (χ3v) is 7.59. The molecule has 3 aliphatic rings. The third-order valence-electron chi connectivity index (χ3n) is 7.59. The van der Waals surface area contributed by atoms with Crippen molar-refractivity contribution in [3.63, 3.8) is 0 Å². The first-order valence-electron chi connectivity index (χ1n) is 12.4. The molecule has 0 unspecified atom stereocenters. The van der Waals surface area contributed by atoms with E-state index in [4.69, 9.17) is 10.2 Å². The lowest BCUT2D eigenvalue weighted by Gasteiger charge is -2.36. The molecule has 2 heterocycles. The molecular formula is C26H37N5O. The van der Waals surface area contributed by atoms with Gasteiger partial charge < -0.3 is 15.2 Å². The van der Waals surface area contributed by atoms with Crippen LogP contribution in [0.1, 0.15) is 86.6 Å². The Balaban J connectivity index is 1.34. The van der Waals surface area contributed by atoms with E-state index in [-0.39, 0.29) is 17.7 Å². The van der Waals surface area contributed by atoms with Crippen LogP contribution < -0.4 is 10.6 Å². The summed E-state index contributed by atoms with van der Waals surface area (Å²) in [6, 6.07) is 6.70. The van der Waals surface area contributed by atoms with Crippen LogP contribution in [0, 0.1) is 31.6 Å². The lowest BCUT2D eigenvalue weighted by atomic mass is 9.71. The molecule has 1 aliphatic heterocycles. The van der Waals surface area contributed by atoms with Crippen molar-refractivity contribution >= 4 is 11.6 Å². The predicted octanol–water partition coefficient (Wildman–Crippen LogP) is 4.71. The Morgan fingerprint density at radius 3 is 2.59 bits per heavy atom. The van der Waals surface area contributed by atoms with E-state index >= 15 is 0 Å². The Morgan fingerprint density at radius 2 is 1.91 bits per heavy atom. The zero-order valence-electron chi connectivity index (χ0n) is 19.9. The number of nitrogens with zero attached hydrogens (tertiary/aromatic N) is 3. The van der Waals surface area contributed by atoms with Gasteiger partial charge in [0.1, 0.15) is 11.6 Å². The Labute approximate surface area is 191 Å². The lowest BCUT2D eigenvalue weighted by molar-refractivity contribution is -0.119. The number of anilines is 1. The highest BCUT2D eigenvalue weighted by Gasteiger charge is 2.43. The van der Waals surface area contributed by atoms with Crippen LogP contribution in [0.4, 0.5) is 5.69 Å². The highest BCUT2D eigenvalue weighted by atomic mass is 16.2. The van der Waals surface area contributed by atoms with E-state index in [2.05, 4.69) is 42.0 Å². The standard InChI is InChI=1S/C26H37N5O/c1-15(2)9-18-11-19(12-18)24-29-30-25(31(24)20-6-7-20)21-13-27-14-22(21)26(32)28-23-8-5-16(3)10-17(23)4/h5,8,10,15,18-22,27H,6-7,9,11-14H2,1-4H3,(H,28,32)/t18?,19?,21-,22-/m1/s1. The van der Waals surface area contributed by atoms with Gasteiger partial charge in [-0.3, -0.25) is 4.79 Å². The zero-order chi connectivity index (χ0) is 22.4. The van der Waals surface area contributed by atoms with Gasteiger partial charge in [0.25, 0.3) is 0 Å². The monoisotopic (exact) mass is 435 g/mol. The number of aromatic nitrogens is 3. The third kappa shape index (κ3) is 4.21. The average Bonchev–Trinajstić information content (AvgIpc) is 3.27. The van der Waals surface area contributed by atoms with Crippen LogP contribution in [-0.2, 0) is 4.79 Å². The summed E-state index contributed by atoms with van der Waals surface area (Å²) < 4.78 is 2.44. The van der Waals surface area contributed by atoms with Crippen molar-refractivity contribution < 1.29 is 4.79 Å². The van der Waals surface area contributed by atoms with E-state index < -0.39 is 0 Å². The second-order valence-electron chi connectivity index (χ2n) is 10.9. The highest BCUT2D eigenvalue weighted by molar-refractivity contribution is 5.94. The Bertz CT molecular complexity index is 986. The van der Waals surface area contributed by atoms with Crippen LogP contribution in [-0.4, -0.2) is 33.8 Å². The van der Waals surface area contributed by atoms with E-state index in [1.54, 1.807) is 0 Å². The van der Waals surface area contributed by atoms with Gasteiger partial charge in [-0.25, -0.2) is 0 Å². The molecule has 0 radical (unpaired) electrons. The summed E-state index contributed by atoms with van der Waals surface area (Å²) in [6.07, 6.45) is 6.21. The molecule has 2 atom stereocenters. The number of amides is 1. The van der Waals surface area contributed by atoms with Crippen LogP contribution >= 0.6 is 0 Å². The Kier molecular flexibility index (Phi) is 5.82. The summed E-state index contributed by atoms with van der Waals surface area (Å²) in [4.78, 5) is 13.3. The second-order valence-corrected chi connectivity index (χ2v) is 10.9. The topological polar surface area (TPSA) is 71.8 Å². The molecule has 1 aromatic carbocycles. The van der Waals surface area contributed by atoms with Gasteiger partial charge in [0.2, 0.25) is 5.91 Å². The lowest BCUT2D eigenvalue weighted by Crippen LogP contribution is -2.30.